The van der Waals surface area contributed by atoms with Crippen molar-refractivity contribution in [1.82, 2.24) is 4.90 Å². The van der Waals surface area contributed by atoms with Gasteiger partial charge < -0.3 is 15.4 Å². The highest BCUT2D eigenvalue weighted by Gasteiger charge is 2.18. The van der Waals surface area contributed by atoms with Crippen molar-refractivity contribution >= 4 is 23.2 Å². The van der Waals surface area contributed by atoms with Gasteiger partial charge in [0.15, 0.2) is 0 Å². The third kappa shape index (κ3) is 5.83. The minimum Gasteiger partial charge on any atom is -0.379 e. The lowest BCUT2D eigenvalue weighted by Gasteiger charge is -2.25. The van der Waals surface area contributed by atoms with E-state index in [0.29, 0.717) is 32.1 Å². The Hall–Kier alpha value is -1.92. The van der Waals surface area contributed by atoms with Crippen molar-refractivity contribution in [3.63, 3.8) is 0 Å². The van der Waals surface area contributed by atoms with Crippen molar-refractivity contribution in [1.29, 1.82) is 0 Å². The van der Waals surface area contributed by atoms with Gasteiger partial charge in [0.2, 0.25) is 11.8 Å². The van der Waals surface area contributed by atoms with Crippen LogP contribution in [0.4, 0.5) is 11.4 Å². The molecule has 2 aliphatic rings. The lowest BCUT2D eigenvalue weighted by Crippen LogP contribution is -2.41. The molecule has 1 saturated heterocycles. The second-order valence-electron chi connectivity index (χ2n) is 6.92. The van der Waals surface area contributed by atoms with Crippen LogP contribution in [0.2, 0.25) is 0 Å². The summed E-state index contributed by atoms with van der Waals surface area (Å²) in [4.78, 5) is 26.2. The number of carbonyl (C=O) groups is 2. The number of nitrogens with one attached hydrogen (secondary N) is 2. The molecule has 6 nitrogen and oxygen atoms in total. The summed E-state index contributed by atoms with van der Waals surface area (Å²) in [5.74, 6) is 0.592. The normalized spacial score (nSPS) is 18.9. The van der Waals surface area contributed by atoms with Crippen LogP contribution < -0.4 is 10.6 Å². The predicted molar refractivity (Wildman–Crippen MR) is 97.5 cm³/mol. The quantitative estimate of drug-likeness (QED) is 0.831. The van der Waals surface area contributed by atoms with Gasteiger partial charge in [0.25, 0.3) is 0 Å². The number of amides is 2. The Morgan fingerprint density at radius 1 is 0.960 bits per heavy atom. The van der Waals surface area contributed by atoms with E-state index in [-0.39, 0.29) is 11.8 Å². The molecule has 1 aromatic rings. The zero-order valence-corrected chi connectivity index (χ0v) is 14.6. The van der Waals surface area contributed by atoms with Crippen LogP contribution in [-0.2, 0) is 14.3 Å². The Morgan fingerprint density at radius 3 is 2.12 bits per heavy atom. The smallest absolute Gasteiger partial charge is 0.238 e. The van der Waals surface area contributed by atoms with Gasteiger partial charge >= 0.3 is 0 Å². The van der Waals surface area contributed by atoms with Crippen molar-refractivity contribution in [2.24, 2.45) is 5.92 Å². The van der Waals surface area contributed by atoms with Gasteiger partial charge in [0, 0.05) is 30.9 Å². The molecule has 1 aliphatic heterocycles. The topological polar surface area (TPSA) is 70.7 Å². The molecule has 0 aromatic heterocycles. The first-order valence-electron chi connectivity index (χ1n) is 9.19. The zero-order valence-electron chi connectivity index (χ0n) is 14.6. The van der Waals surface area contributed by atoms with Crippen LogP contribution in [0, 0.1) is 5.92 Å². The number of carbonyl (C=O) groups excluding carboxylic acids is 2. The summed E-state index contributed by atoms with van der Waals surface area (Å²) < 4.78 is 5.28. The van der Waals surface area contributed by atoms with Crippen molar-refractivity contribution < 1.29 is 14.3 Å². The molecule has 1 aromatic carbocycles. The fourth-order valence-electron chi connectivity index (χ4n) is 3.49. The molecule has 2 amide bonds. The van der Waals surface area contributed by atoms with Gasteiger partial charge in [-0.15, -0.1) is 0 Å². The third-order valence-electron chi connectivity index (χ3n) is 4.87. The summed E-state index contributed by atoms with van der Waals surface area (Å²) in [5, 5.41) is 5.84. The van der Waals surface area contributed by atoms with Gasteiger partial charge in [0.1, 0.15) is 0 Å². The standard InChI is InChI=1S/C19H27N3O3/c23-18(13-15-3-1-2-4-15)20-16-5-7-17(8-6-16)21-19(24)14-22-9-11-25-12-10-22/h5-8,15H,1-4,9-14H2,(H,20,23)(H,21,24). The monoisotopic (exact) mass is 345 g/mol. The highest BCUT2D eigenvalue weighted by atomic mass is 16.5. The highest BCUT2D eigenvalue weighted by Crippen LogP contribution is 2.27. The molecule has 0 bridgehead atoms. The number of hydrogen-bond acceptors (Lipinski definition) is 4. The molecule has 1 aliphatic carbocycles. The lowest BCUT2D eigenvalue weighted by molar-refractivity contribution is -0.118. The minimum absolute atomic E-state index is 0.0279. The van der Waals surface area contributed by atoms with Crippen LogP contribution in [0.3, 0.4) is 0 Å². The van der Waals surface area contributed by atoms with E-state index in [1.165, 1.54) is 25.7 Å². The van der Waals surface area contributed by atoms with E-state index in [9.17, 15) is 9.59 Å². The van der Waals surface area contributed by atoms with Gasteiger partial charge in [-0.1, -0.05) is 12.8 Å². The fraction of sp³-hybridized carbons (Fsp3) is 0.579. The van der Waals surface area contributed by atoms with Crippen molar-refractivity contribution in [3.05, 3.63) is 24.3 Å². The number of hydrogen-bond donors (Lipinski definition) is 2. The predicted octanol–water partition coefficient (Wildman–Crippen LogP) is 2.48. The molecule has 0 spiro atoms. The molecular weight excluding hydrogens is 318 g/mol. The maximum atomic E-state index is 12.1. The molecule has 3 rings (SSSR count). The van der Waals surface area contributed by atoms with Crippen molar-refractivity contribution in [3.8, 4) is 0 Å². The van der Waals surface area contributed by atoms with E-state index < -0.39 is 0 Å². The van der Waals surface area contributed by atoms with Crippen LogP contribution in [-0.4, -0.2) is 49.6 Å². The molecular formula is C19H27N3O3. The van der Waals surface area contributed by atoms with Crippen LogP contribution in [0.5, 0.6) is 0 Å². The lowest BCUT2D eigenvalue weighted by atomic mass is 10.0. The van der Waals surface area contributed by atoms with E-state index in [1.807, 2.05) is 24.3 Å². The molecule has 136 valence electrons. The largest absolute Gasteiger partial charge is 0.379 e. The average molecular weight is 345 g/mol. The number of ether oxygens (including phenoxy) is 1. The average Bonchev–Trinajstić information content (AvgIpc) is 3.10. The van der Waals surface area contributed by atoms with E-state index in [4.69, 9.17) is 4.74 Å². The molecule has 1 heterocycles. The van der Waals surface area contributed by atoms with Crippen LogP contribution in [0.25, 0.3) is 0 Å². The molecule has 0 radical (unpaired) electrons. The summed E-state index contributed by atoms with van der Waals surface area (Å²) in [5.41, 5.74) is 1.52. The van der Waals surface area contributed by atoms with E-state index in [1.54, 1.807) is 0 Å². The molecule has 6 heteroatoms. The van der Waals surface area contributed by atoms with Crippen molar-refractivity contribution in [2.45, 2.75) is 32.1 Å². The first-order valence-corrected chi connectivity index (χ1v) is 9.19. The summed E-state index contributed by atoms with van der Waals surface area (Å²) in [7, 11) is 0. The Labute approximate surface area is 148 Å². The molecule has 1 saturated carbocycles. The van der Waals surface area contributed by atoms with Gasteiger partial charge in [-0.25, -0.2) is 0 Å². The third-order valence-corrected chi connectivity index (χ3v) is 4.87. The second-order valence-corrected chi connectivity index (χ2v) is 6.92. The molecule has 0 atom stereocenters. The first-order chi connectivity index (χ1) is 12.2. The fourth-order valence-corrected chi connectivity index (χ4v) is 3.49. The van der Waals surface area contributed by atoms with Crippen LogP contribution in [0.1, 0.15) is 32.1 Å². The van der Waals surface area contributed by atoms with E-state index >= 15 is 0 Å². The molecule has 25 heavy (non-hydrogen) atoms. The maximum Gasteiger partial charge on any atom is 0.238 e. The number of benzene rings is 1. The van der Waals surface area contributed by atoms with Gasteiger partial charge in [-0.05, 0) is 43.0 Å². The highest BCUT2D eigenvalue weighted by molar-refractivity contribution is 5.93. The Bertz CT molecular complexity index is 576. The van der Waals surface area contributed by atoms with Crippen LogP contribution in [0.15, 0.2) is 24.3 Å². The maximum absolute atomic E-state index is 12.1. The number of morpholine rings is 1. The first kappa shape index (κ1) is 17.9. The van der Waals surface area contributed by atoms with E-state index in [0.717, 1.165) is 24.5 Å². The van der Waals surface area contributed by atoms with Gasteiger partial charge in [0.05, 0.1) is 19.8 Å². The van der Waals surface area contributed by atoms with Crippen LogP contribution >= 0.6 is 0 Å². The zero-order chi connectivity index (χ0) is 17.5. The number of rotatable bonds is 6. The summed E-state index contributed by atoms with van der Waals surface area (Å²) >= 11 is 0. The second kappa shape index (κ2) is 8.97. The molecule has 2 fully saturated rings. The Morgan fingerprint density at radius 2 is 1.52 bits per heavy atom. The molecule has 2 N–H and O–H groups in total. The van der Waals surface area contributed by atoms with Gasteiger partial charge in [-0.3, -0.25) is 14.5 Å². The Kier molecular flexibility index (Phi) is 6.42. The van der Waals surface area contributed by atoms with E-state index in [2.05, 4.69) is 15.5 Å². The summed E-state index contributed by atoms with van der Waals surface area (Å²) in [6.45, 7) is 3.33. The molecule has 0 unspecified atom stereocenters. The van der Waals surface area contributed by atoms with Gasteiger partial charge in [-0.2, -0.15) is 0 Å². The SMILES string of the molecule is O=C(CC1CCCC1)Nc1ccc(NC(=O)CN2CCOCC2)cc1. The Balaban J connectivity index is 1.43. The van der Waals surface area contributed by atoms with Crippen molar-refractivity contribution in [2.75, 3.05) is 43.5 Å². The summed E-state index contributed by atoms with van der Waals surface area (Å²) in [6, 6.07) is 7.30. The number of anilines is 2. The summed E-state index contributed by atoms with van der Waals surface area (Å²) in [6.07, 6.45) is 5.44. The minimum atomic E-state index is -0.0279. The number of nitrogens with zero attached hydrogens (tertiary/aromatic N) is 1.